The van der Waals surface area contributed by atoms with Gasteiger partial charge in [-0.05, 0) is 43.0 Å². The number of phenolic OH excluding ortho intramolecular Hbond substituents is 1. The number of hydrogen-bond donors (Lipinski definition) is 2. The highest BCUT2D eigenvalue weighted by atomic mass is 32.2. The van der Waals surface area contributed by atoms with Crippen molar-refractivity contribution in [1.82, 2.24) is 4.72 Å². The monoisotopic (exact) mass is 283 g/mol. The van der Waals surface area contributed by atoms with Gasteiger partial charge in [0.05, 0.1) is 4.90 Å². The fourth-order valence-electron chi connectivity index (χ4n) is 2.74. The van der Waals surface area contributed by atoms with Gasteiger partial charge in [0.25, 0.3) is 0 Å². The van der Waals surface area contributed by atoms with E-state index in [0.29, 0.717) is 5.92 Å². The van der Waals surface area contributed by atoms with Crippen LogP contribution in [0, 0.1) is 5.92 Å². The number of benzene rings is 1. The quantitative estimate of drug-likeness (QED) is 0.892. The summed E-state index contributed by atoms with van der Waals surface area (Å²) in [5.41, 5.74) is 0. The topological polar surface area (TPSA) is 66.4 Å². The molecule has 0 aliphatic heterocycles. The lowest BCUT2D eigenvalue weighted by Crippen LogP contribution is -2.41. The van der Waals surface area contributed by atoms with E-state index in [-0.39, 0.29) is 16.7 Å². The zero-order chi connectivity index (χ0) is 13.9. The molecule has 1 aromatic rings. The van der Waals surface area contributed by atoms with Gasteiger partial charge in [-0.15, -0.1) is 0 Å². The Kier molecular flexibility index (Phi) is 4.47. The number of nitrogens with one attached hydrogen (secondary N) is 1. The van der Waals surface area contributed by atoms with Gasteiger partial charge < -0.3 is 5.11 Å². The Hall–Kier alpha value is -1.07. The van der Waals surface area contributed by atoms with Crippen molar-refractivity contribution < 1.29 is 13.5 Å². The Morgan fingerprint density at radius 2 is 1.84 bits per heavy atom. The number of phenols is 1. The van der Waals surface area contributed by atoms with Gasteiger partial charge in [-0.3, -0.25) is 0 Å². The third-order valence-corrected chi connectivity index (χ3v) is 5.39. The SMILES string of the molecule is CCC1CCCCC1NS(=O)(=O)c1ccc(O)cc1. The third kappa shape index (κ3) is 3.48. The first kappa shape index (κ1) is 14.3. The molecule has 1 aliphatic rings. The standard InChI is InChI=1S/C14H21NO3S/c1-2-11-5-3-4-6-14(11)15-19(17,18)13-9-7-12(16)8-10-13/h7-11,14-16H,2-6H2,1H3. The zero-order valence-electron chi connectivity index (χ0n) is 11.2. The summed E-state index contributed by atoms with van der Waals surface area (Å²) in [5.74, 6) is 0.503. The Morgan fingerprint density at radius 1 is 1.21 bits per heavy atom. The van der Waals surface area contributed by atoms with E-state index < -0.39 is 10.0 Å². The van der Waals surface area contributed by atoms with Gasteiger partial charge in [-0.2, -0.15) is 0 Å². The molecule has 1 aliphatic carbocycles. The molecule has 1 saturated carbocycles. The maximum Gasteiger partial charge on any atom is 0.240 e. The van der Waals surface area contributed by atoms with Crippen LogP contribution in [0.3, 0.4) is 0 Å². The summed E-state index contributed by atoms with van der Waals surface area (Å²) < 4.78 is 27.4. The molecule has 0 bridgehead atoms. The Balaban J connectivity index is 2.14. The van der Waals surface area contributed by atoms with E-state index in [9.17, 15) is 13.5 Å². The van der Waals surface area contributed by atoms with Crippen molar-refractivity contribution in [1.29, 1.82) is 0 Å². The summed E-state index contributed by atoms with van der Waals surface area (Å²) >= 11 is 0. The number of hydrogen-bond acceptors (Lipinski definition) is 3. The summed E-state index contributed by atoms with van der Waals surface area (Å²) in [6.07, 6.45) is 5.28. The highest BCUT2D eigenvalue weighted by Crippen LogP contribution is 2.28. The lowest BCUT2D eigenvalue weighted by Gasteiger charge is -2.31. The molecule has 19 heavy (non-hydrogen) atoms. The molecular formula is C14H21NO3S. The summed E-state index contributed by atoms with van der Waals surface area (Å²) in [7, 11) is -3.48. The number of rotatable bonds is 4. The van der Waals surface area contributed by atoms with E-state index in [2.05, 4.69) is 11.6 Å². The molecule has 2 N–H and O–H groups in total. The predicted molar refractivity (Wildman–Crippen MR) is 74.5 cm³/mol. The van der Waals surface area contributed by atoms with Crippen LogP contribution in [0.5, 0.6) is 5.75 Å². The van der Waals surface area contributed by atoms with Crippen molar-refractivity contribution >= 4 is 10.0 Å². The van der Waals surface area contributed by atoms with Crippen LogP contribution >= 0.6 is 0 Å². The molecule has 5 heteroatoms. The average molecular weight is 283 g/mol. The molecule has 0 aromatic heterocycles. The van der Waals surface area contributed by atoms with Crippen molar-refractivity contribution in [2.75, 3.05) is 0 Å². The minimum absolute atomic E-state index is 0.0394. The van der Waals surface area contributed by atoms with Crippen molar-refractivity contribution in [3.63, 3.8) is 0 Å². The average Bonchev–Trinajstić information content (AvgIpc) is 2.39. The van der Waals surface area contributed by atoms with Gasteiger partial charge in [0.1, 0.15) is 5.75 Å². The van der Waals surface area contributed by atoms with Crippen LogP contribution in [0.15, 0.2) is 29.2 Å². The van der Waals surface area contributed by atoms with Crippen LogP contribution in [-0.4, -0.2) is 19.6 Å². The van der Waals surface area contributed by atoms with Crippen molar-refractivity contribution in [3.8, 4) is 5.75 Å². The van der Waals surface area contributed by atoms with E-state index in [1.807, 2.05) is 0 Å². The minimum Gasteiger partial charge on any atom is -0.508 e. The fraction of sp³-hybridized carbons (Fsp3) is 0.571. The van der Waals surface area contributed by atoms with Gasteiger partial charge in [-0.25, -0.2) is 13.1 Å². The molecule has 2 rings (SSSR count). The van der Waals surface area contributed by atoms with Crippen LogP contribution in [0.25, 0.3) is 0 Å². The van der Waals surface area contributed by atoms with Gasteiger partial charge in [0, 0.05) is 6.04 Å². The minimum atomic E-state index is -3.48. The van der Waals surface area contributed by atoms with E-state index >= 15 is 0 Å². The van der Waals surface area contributed by atoms with Gasteiger partial charge >= 0.3 is 0 Å². The zero-order valence-corrected chi connectivity index (χ0v) is 12.0. The van der Waals surface area contributed by atoms with Crippen molar-refractivity contribution in [3.05, 3.63) is 24.3 Å². The second kappa shape index (κ2) is 5.92. The summed E-state index contributed by atoms with van der Waals surface area (Å²) in [6, 6.07) is 5.69. The Morgan fingerprint density at radius 3 is 2.47 bits per heavy atom. The normalized spacial score (nSPS) is 24.3. The largest absolute Gasteiger partial charge is 0.508 e. The Bertz CT molecular complexity index is 510. The molecule has 0 saturated heterocycles. The van der Waals surface area contributed by atoms with E-state index in [0.717, 1.165) is 25.7 Å². The molecule has 0 radical (unpaired) electrons. The molecular weight excluding hydrogens is 262 g/mol. The fourth-order valence-corrected chi connectivity index (χ4v) is 4.08. The van der Waals surface area contributed by atoms with Gasteiger partial charge in [0.2, 0.25) is 10.0 Å². The molecule has 0 heterocycles. The highest BCUT2D eigenvalue weighted by molar-refractivity contribution is 7.89. The lowest BCUT2D eigenvalue weighted by atomic mass is 9.83. The van der Waals surface area contributed by atoms with Crippen molar-refractivity contribution in [2.24, 2.45) is 5.92 Å². The second-order valence-corrected chi connectivity index (χ2v) is 6.89. The third-order valence-electron chi connectivity index (χ3n) is 3.89. The molecule has 1 aromatic carbocycles. The van der Waals surface area contributed by atoms with Crippen molar-refractivity contribution in [2.45, 2.75) is 50.0 Å². The van der Waals surface area contributed by atoms with E-state index in [1.54, 1.807) is 0 Å². The first-order valence-electron chi connectivity index (χ1n) is 6.84. The molecule has 2 atom stereocenters. The molecule has 4 nitrogen and oxygen atoms in total. The van der Waals surface area contributed by atoms with Crippen LogP contribution in [-0.2, 0) is 10.0 Å². The Labute approximate surface area is 114 Å². The first-order valence-corrected chi connectivity index (χ1v) is 8.32. The van der Waals surface area contributed by atoms with Gasteiger partial charge in [0.15, 0.2) is 0 Å². The van der Waals surface area contributed by atoms with Crippen LogP contribution in [0.1, 0.15) is 39.0 Å². The maximum absolute atomic E-state index is 12.3. The first-order chi connectivity index (χ1) is 9.03. The van der Waals surface area contributed by atoms with E-state index in [4.69, 9.17) is 0 Å². The van der Waals surface area contributed by atoms with Crippen LogP contribution in [0.2, 0.25) is 0 Å². The summed E-state index contributed by atoms with van der Waals surface area (Å²) in [5, 5.41) is 9.21. The summed E-state index contributed by atoms with van der Waals surface area (Å²) in [6.45, 7) is 2.11. The van der Waals surface area contributed by atoms with Gasteiger partial charge in [-0.1, -0.05) is 26.2 Å². The lowest BCUT2D eigenvalue weighted by molar-refractivity contribution is 0.282. The molecule has 2 unspecified atom stereocenters. The second-order valence-electron chi connectivity index (χ2n) is 5.17. The van der Waals surface area contributed by atoms with Crippen LogP contribution in [0.4, 0.5) is 0 Å². The molecule has 0 spiro atoms. The van der Waals surface area contributed by atoms with E-state index in [1.165, 1.54) is 30.7 Å². The highest BCUT2D eigenvalue weighted by Gasteiger charge is 2.28. The van der Waals surface area contributed by atoms with Crippen LogP contribution < -0.4 is 4.72 Å². The summed E-state index contributed by atoms with van der Waals surface area (Å²) in [4.78, 5) is 0.214. The smallest absolute Gasteiger partial charge is 0.240 e. The molecule has 0 amide bonds. The maximum atomic E-state index is 12.3. The number of aromatic hydroxyl groups is 1. The predicted octanol–water partition coefficient (Wildman–Crippen LogP) is 2.64. The number of sulfonamides is 1. The molecule has 106 valence electrons. The molecule has 1 fully saturated rings.